The zero-order valence-corrected chi connectivity index (χ0v) is 12.1. The van der Waals surface area contributed by atoms with E-state index in [-0.39, 0.29) is 24.5 Å². The smallest absolute Gasteiger partial charge is 0.352 e. The quantitative estimate of drug-likeness (QED) is 0.724. The fraction of sp³-hybridized carbons (Fsp3) is 0.214. The van der Waals surface area contributed by atoms with Crippen LogP contribution in [0.4, 0.5) is 23.4 Å². The average Bonchev–Trinajstić information content (AvgIpc) is 2.92. The minimum Gasteiger partial charge on any atom is -0.352 e. The molecule has 10 heteroatoms. The minimum absolute atomic E-state index is 0.171. The van der Waals surface area contributed by atoms with Crippen LogP contribution in [-0.2, 0) is 22.6 Å². The van der Waals surface area contributed by atoms with Gasteiger partial charge in [-0.15, -0.1) is 0 Å². The summed E-state index contributed by atoms with van der Waals surface area (Å²) in [5.74, 6) is -3.30. The second kappa shape index (κ2) is 7.11. The number of nitrogens with zero attached hydrogens (tertiary/aromatic N) is 1. The van der Waals surface area contributed by atoms with Gasteiger partial charge in [-0.25, -0.2) is 4.39 Å². The number of benzene rings is 1. The molecule has 1 heterocycles. The molecule has 1 aromatic heterocycles. The van der Waals surface area contributed by atoms with Crippen molar-refractivity contribution in [2.24, 2.45) is 0 Å². The van der Waals surface area contributed by atoms with E-state index in [1.165, 1.54) is 24.3 Å². The summed E-state index contributed by atoms with van der Waals surface area (Å²) in [6, 6.07) is 6.66. The van der Waals surface area contributed by atoms with E-state index >= 15 is 0 Å². The van der Waals surface area contributed by atoms with Gasteiger partial charge >= 0.3 is 12.1 Å². The van der Waals surface area contributed by atoms with Gasteiger partial charge in [0, 0.05) is 18.3 Å². The number of rotatable bonds is 5. The second-order valence-corrected chi connectivity index (χ2v) is 4.81. The lowest BCUT2D eigenvalue weighted by Crippen LogP contribution is -2.30. The molecule has 0 atom stereocenters. The van der Waals surface area contributed by atoms with Gasteiger partial charge in [0.2, 0.25) is 5.91 Å². The molecule has 0 aliphatic heterocycles. The highest BCUT2D eigenvalue weighted by atomic mass is 19.4. The Morgan fingerprint density at radius 1 is 1.17 bits per heavy atom. The van der Waals surface area contributed by atoms with Gasteiger partial charge in [0.05, 0.1) is 6.42 Å². The Labute approximate surface area is 133 Å². The monoisotopic (exact) mass is 344 g/mol. The third-order valence-electron chi connectivity index (χ3n) is 2.88. The summed E-state index contributed by atoms with van der Waals surface area (Å²) in [7, 11) is 0. The fourth-order valence-corrected chi connectivity index (χ4v) is 1.74. The molecule has 2 amide bonds. The van der Waals surface area contributed by atoms with E-state index in [1.807, 2.05) is 0 Å². The second-order valence-electron chi connectivity index (χ2n) is 4.81. The van der Waals surface area contributed by atoms with Crippen LogP contribution >= 0.6 is 0 Å². The predicted octanol–water partition coefficient (Wildman–Crippen LogP) is 1.91. The number of carbonyl (C=O) groups excluding carboxylic acids is 2. The van der Waals surface area contributed by atoms with Crippen molar-refractivity contribution in [2.75, 3.05) is 5.32 Å². The molecule has 0 spiro atoms. The lowest BCUT2D eigenvalue weighted by Gasteiger charge is -2.04. The van der Waals surface area contributed by atoms with Crippen LogP contribution in [0.1, 0.15) is 11.3 Å². The van der Waals surface area contributed by atoms with Crippen molar-refractivity contribution >= 4 is 17.6 Å². The molecular formula is C14H12F4N4O2. The SMILES string of the molecule is O=C(Cc1cc(NC(=O)C(F)(F)F)n[nH]1)NCc1ccc(F)cc1. The maximum atomic E-state index is 12.7. The molecule has 0 saturated heterocycles. The van der Waals surface area contributed by atoms with E-state index in [2.05, 4.69) is 15.5 Å². The summed E-state index contributed by atoms with van der Waals surface area (Å²) in [6.07, 6.45) is -5.19. The molecule has 0 aliphatic rings. The first kappa shape index (κ1) is 17.4. The van der Waals surface area contributed by atoms with Gasteiger partial charge in [-0.2, -0.15) is 18.3 Å². The van der Waals surface area contributed by atoms with E-state index in [0.717, 1.165) is 6.07 Å². The van der Waals surface area contributed by atoms with Crippen LogP contribution in [-0.4, -0.2) is 28.2 Å². The molecule has 2 rings (SSSR count). The largest absolute Gasteiger partial charge is 0.471 e. The van der Waals surface area contributed by atoms with Crippen molar-refractivity contribution in [1.82, 2.24) is 15.5 Å². The molecule has 2 aromatic rings. The van der Waals surface area contributed by atoms with Gasteiger partial charge in [-0.1, -0.05) is 12.1 Å². The van der Waals surface area contributed by atoms with E-state index in [1.54, 1.807) is 5.32 Å². The summed E-state index contributed by atoms with van der Waals surface area (Å²) >= 11 is 0. The number of hydrogen-bond donors (Lipinski definition) is 3. The van der Waals surface area contributed by atoms with Crippen molar-refractivity contribution in [3.05, 3.63) is 47.4 Å². The van der Waals surface area contributed by atoms with Gasteiger partial charge in [0.15, 0.2) is 5.82 Å². The predicted molar refractivity (Wildman–Crippen MR) is 75.2 cm³/mol. The molecule has 6 nitrogen and oxygen atoms in total. The van der Waals surface area contributed by atoms with Crippen LogP contribution in [0.5, 0.6) is 0 Å². The Morgan fingerprint density at radius 3 is 2.46 bits per heavy atom. The van der Waals surface area contributed by atoms with Crippen LogP contribution in [0.15, 0.2) is 30.3 Å². The topological polar surface area (TPSA) is 86.9 Å². The standard InChI is InChI=1S/C14H12F4N4O2/c15-9-3-1-8(2-4-9)7-19-12(23)6-10-5-11(22-21-10)20-13(24)14(16,17)18/h1-5H,6-7H2,(H,19,23)(H2,20,21,22,24). The number of aromatic amines is 1. The summed E-state index contributed by atoms with van der Waals surface area (Å²) in [4.78, 5) is 22.5. The van der Waals surface area contributed by atoms with Gasteiger partial charge in [0.25, 0.3) is 0 Å². The molecule has 128 valence electrons. The first-order valence-corrected chi connectivity index (χ1v) is 6.67. The van der Waals surface area contributed by atoms with E-state index in [9.17, 15) is 27.2 Å². The lowest BCUT2D eigenvalue weighted by atomic mass is 10.2. The Kier molecular flexibility index (Phi) is 5.17. The highest BCUT2D eigenvalue weighted by Gasteiger charge is 2.39. The minimum atomic E-state index is -5.02. The number of carbonyl (C=O) groups is 2. The summed E-state index contributed by atoms with van der Waals surface area (Å²) in [5, 5.41) is 9.96. The maximum absolute atomic E-state index is 12.7. The molecule has 0 aliphatic carbocycles. The van der Waals surface area contributed by atoms with Crippen molar-refractivity contribution in [1.29, 1.82) is 0 Å². The Morgan fingerprint density at radius 2 is 1.83 bits per heavy atom. The first-order chi connectivity index (χ1) is 11.2. The number of anilines is 1. The van der Waals surface area contributed by atoms with Gasteiger partial charge < -0.3 is 10.6 Å². The third-order valence-corrected chi connectivity index (χ3v) is 2.88. The fourth-order valence-electron chi connectivity index (χ4n) is 1.74. The van der Waals surface area contributed by atoms with Crippen molar-refractivity contribution in [2.45, 2.75) is 19.1 Å². The van der Waals surface area contributed by atoms with Crippen molar-refractivity contribution < 1.29 is 27.2 Å². The number of aromatic nitrogens is 2. The van der Waals surface area contributed by atoms with E-state index in [0.29, 0.717) is 5.56 Å². The van der Waals surface area contributed by atoms with Gasteiger partial charge in [-0.3, -0.25) is 14.7 Å². The maximum Gasteiger partial charge on any atom is 0.471 e. The van der Waals surface area contributed by atoms with Crippen LogP contribution in [0.25, 0.3) is 0 Å². The van der Waals surface area contributed by atoms with Crippen LogP contribution in [0, 0.1) is 5.82 Å². The molecular weight excluding hydrogens is 332 g/mol. The highest BCUT2D eigenvalue weighted by Crippen LogP contribution is 2.17. The number of halogens is 4. The summed E-state index contributed by atoms with van der Waals surface area (Å²) < 4.78 is 49.0. The molecule has 0 fully saturated rings. The normalized spacial score (nSPS) is 11.2. The number of alkyl halides is 3. The highest BCUT2D eigenvalue weighted by molar-refractivity contribution is 5.94. The van der Waals surface area contributed by atoms with E-state index in [4.69, 9.17) is 0 Å². The van der Waals surface area contributed by atoms with Crippen LogP contribution in [0.2, 0.25) is 0 Å². The molecule has 0 radical (unpaired) electrons. The Bertz CT molecular complexity index is 725. The molecule has 1 aromatic carbocycles. The molecule has 0 unspecified atom stereocenters. The molecule has 0 saturated carbocycles. The van der Waals surface area contributed by atoms with Gasteiger partial charge in [0.1, 0.15) is 5.82 Å². The lowest BCUT2D eigenvalue weighted by molar-refractivity contribution is -0.167. The van der Waals surface area contributed by atoms with Crippen molar-refractivity contribution in [3.63, 3.8) is 0 Å². The number of amides is 2. The molecule has 24 heavy (non-hydrogen) atoms. The molecule has 0 bridgehead atoms. The molecule has 3 N–H and O–H groups in total. The number of hydrogen-bond acceptors (Lipinski definition) is 3. The third kappa shape index (κ3) is 5.07. The summed E-state index contributed by atoms with van der Waals surface area (Å²) in [6.45, 7) is 0.172. The summed E-state index contributed by atoms with van der Waals surface area (Å²) in [5.41, 5.74) is 0.913. The average molecular weight is 344 g/mol. The Balaban J connectivity index is 1.84. The first-order valence-electron chi connectivity index (χ1n) is 6.67. The number of nitrogens with one attached hydrogen (secondary N) is 3. The van der Waals surface area contributed by atoms with Crippen LogP contribution < -0.4 is 10.6 Å². The zero-order valence-electron chi connectivity index (χ0n) is 12.1. The van der Waals surface area contributed by atoms with E-state index < -0.39 is 23.8 Å². The van der Waals surface area contributed by atoms with Crippen molar-refractivity contribution in [3.8, 4) is 0 Å². The van der Waals surface area contributed by atoms with Crippen LogP contribution in [0.3, 0.4) is 0 Å². The van der Waals surface area contributed by atoms with Gasteiger partial charge in [-0.05, 0) is 17.7 Å². The number of H-pyrrole nitrogens is 1. The zero-order chi connectivity index (χ0) is 17.7. The Hall–Kier alpha value is -2.91.